The number of halogens is 3. The van der Waals surface area contributed by atoms with Crippen molar-refractivity contribution in [1.82, 2.24) is 15.5 Å². The number of benzene rings is 2. The maximum atomic E-state index is 14.4. The summed E-state index contributed by atoms with van der Waals surface area (Å²) in [7, 11) is 0. The van der Waals surface area contributed by atoms with Gasteiger partial charge in [0, 0.05) is 23.9 Å². The summed E-state index contributed by atoms with van der Waals surface area (Å²) in [6.07, 6.45) is -2.06. The molecule has 1 saturated heterocycles. The van der Waals surface area contributed by atoms with Crippen LogP contribution in [-0.4, -0.2) is 58.4 Å². The second-order valence-electron chi connectivity index (χ2n) is 9.41. The summed E-state index contributed by atoms with van der Waals surface area (Å²) < 4.78 is 28.8. The lowest BCUT2D eigenvalue weighted by atomic mass is 9.98. The number of hydrogen-bond donors (Lipinski definition) is 3. The molecule has 0 saturated carbocycles. The molecule has 200 valence electrons. The summed E-state index contributed by atoms with van der Waals surface area (Å²) in [5.74, 6) is -5.87. The fourth-order valence-electron chi connectivity index (χ4n) is 4.19. The van der Waals surface area contributed by atoms with Crippen LogP contribution in [0.15, 0.2) is 54.6 Å². The van der Waals surface area contributed by atoms with Crippen LogP contribution in [0.1, 0.15) is 37.8 Å². The van der Waals surface area contributed by atoms with Crippen molar-refractivity contribution in [2.75, 3.05) is 6.54 Å². The Morgan fingerprint density at radius 2 is 1.78 bits per heavy atom. The summed E-state index contributed by atoms with van der Waals surface area (Å²) in [6.45, 7) is 2.52. The van der Waals surface area contributed by atoms with E-state index in [4.69, 9.17) is 11.6 Å². The van der Waals surface area contributed by atoms with Gasteiger partial charge in [-0.2, -0.15) is 0 Å². The quantitative estimate of drug-likeness (QED) is 0.434. The molecule has 7 nitrogen and oxygen atoms in total. The second-order valence-corrected chi connectivity index (χ2v) is 9.82. The van der Waals surface area contributed by atoms with E-state index in [0.717, 1.165) is 5.56 Å². The zero-order chi connectivity index (χ0) is 27.2. The van der Waals surface area contributed by atoms with Gasteiger partial charge in [0.1, 0.15) is 6.04 Å². The van der Waals surface area contributed by atoms with E-state index in [9.17, 15) is 28.3 Å². The maximum absolute atomic E-state index is 14.4. The molecule has 1 heterocycles. The highest BCUT2D eigenvalue weighted by Gasteiger charge is 2.51. The summed E-state index contributed by atoms with van der Waals surface area (Å²) in [6, 6.07) is 13.1. The zero-order valence-corrected chi connectivity index (χ0v) is 21.6. The average Bonchev–Trinajstić information content (AvgIpc) is 3.22. The number of nitrogens with one attached hydrogen (secondary N) is 2. The van der Waals surface area contributed by atoms with Crippen LogP contribution in [0.2, 0.25) is 5.02 Å². The maximum Gasteiger partial charge on any atom is 0.267 e. The zero-order valence-electron chi connectivity index (χ0n) is 20.8. The average molecular weight is 536 g/mol. The Bertz CT molecular complexity index is 1100. The summed E-state index contributed by atoms with van der Waals surface area (Å²) in [4.78, 5) is 39.5. The highest BCUT2D eigenvalue weighted by atomic mass is 35.5. The number of carbonyl (C=O) groups is 3. The molecule has 0 bridgehead atoms. The topological polar surface area (TPSA) is 98.7 Å². The minimum atomic E-state index is -3.31. The highest BCUT2D eigenvalue weighted by Crippen LogP contribution is 2.33. The number of hydrogen-bond acceptors (Lipinski definition) is 4. The highest BCUT2D eigenvalue weighted by molar-refractivity contribution is 6.31. The van der Waals surface area contributed by atoms with Crippen LogP contribution < -0.4 is 10.6 Å². The summed E-state index contributed by atoms with van der Waals surface area (Å²) in [5.41, 5.74) is 1.33. The van der Waals surface area contributed by atoms with Crippen molar-refractivity contribution in [1.29, 1.82) is 0 Å². The van der Waals surface area contributed by atoms with Crippen LogP contribution in [0.4, 0.5) is 8.78 Å². The van der Waals surface area contributed by atoms with Crippen LogP contribution in [0, 0.1) is 5.92 Å². The van der Waals surface area contributed by atoms with Gasteiger partial charge in [-0.3, -0.25) is 14.4 Å². The number of aliphatic hydroxyl groups excluding tert-OH is 1. The Balaban J connectivity index is 1.78. The van der Waals surface area contributed by atoms with E-state index in [1.165, 1.54) is 0 Å². The van der Waals surface area contributed by atoms with E-state index in [-0.39, 0.29) is 24.8 Å². The summed E-state index contributed by atoms with van der Waals surface area (Å²) >= 11 is 6.11. The first-order valence-corrected chi connectivity index (χ1v) is 12.6. The van der Waals surface area contributed by atoms with Crippen LogP contribution in [0.5, 0.6) is 0 Å². The number of aliphatic hydroxyl groups is 1. The molecule has 1 fully saturated rings. The first kappa shape index (κ1) is 28.5. The van der Waals surface area contributed by atoms with Crippen LogP contribution in [0.3, 0.4) is 0 Å². The van der Waals surface area contributed by atoms with E-state index in [1.54, 1.807) is 61.5 Å². The van der Waals surface area contributed by atoms with Crippen molar-refractivity contribution in [3.8, 4) is 0 Å². The monoisotopic (exact) mass is 535 g/mol. The van der Waals surface area contributed by atoms with E-state index < -0.39 is 48.9 Å². The number of amides is 3. The third-order valence-corrected chi connectivity index (χ3v) is 6.96. The van der Waals surface area contributed by atoms with Crippen molar-refractivity contribution in [2.45, 2.75) is 63.8 Å². The Morgan fingerprint density at radius 1 is 1.14 bits per heavy atom. The summed E-state index contributed by atoms with van der Waals surface area (Å²) in [5, 5.41) is 16.7. The molecule has 0 spiro atoms. The largest absolute Gasteiger partial charge is 0.381 e. The molecule has 1 aliphatic heterocycles. The van der Waals surface area contributed by atoms with Gasteiger partial charge in [-0.1, -0.05) is 74.0 Å². The predicted octanol–water partition coefficient (Wildman–Crippen LogP) is 3.33. The van der Waals surface area contributed by atoms with E-state index >= 15 is 0 Å². The van der Waals surface area contributed by atoms with Crippen LogP contribution in [0.25, 0.3) is 0 Å². The molecule has 4 atom stereocenters. The van der Waals surface area contributed by atoms with E-state index in [0.29, 0.717) is 21.9 Å². The normalized spacial score (nSPS) is 19.1. The molecule has 10 heteroatoms. The standard InChI is InChI=1S/C27H32ClF2N3O4/c1-3-17(2)24(35)32-21(13-18-9-5-4-6-10-18)23(34)26(37)33-16-27(29,30)14-22(33)25(36)31-15-19-11-7-8-12-20(19)28/h4-12,17,21-23,34H,3,13-16H2,1-2H3,(H,31,36)(H,32,35). The molecule has 1 aliphatic rings. The lowest BCUT2D eigenvalue weighted by Gasteiger charge is -2.30. The molecular formula is C27H32ClF2N3O4. The van der Waals surface area contributed by atoms with Crippen molar-refractivity contribution >= 4 is 29.3 Å². The van der Waals surface area contributed by atoms with Gasteiger partial charge in [-0.05, 0) is 30.0 Å². The van der Waals surface area contributed by atoms with E-state index in [2.05, 4.69) is 10.6 Å². The number of likely N-dealkylation sites (tertiary alicyclic amines) is 1. The number of carbonyl (C=O) groups excluding carboxylic acids is 3. The van der Waals surface area contributed by atoms with Gasteiger partial charge in [-0.15, -0.1) is 0 Å². The molecule has 0 aromatic heterocycles. The van der Waals surface area contributed by atoms with Gasteiger partial charge in [0.25, 0.3) is 11.8 Å². The molecule has 0 aliphatic carbocycles. The minimum Gasteiger partial charge on any atom is -0.381 e. The molecular weight excluding hydrogens is 504 g/mol. The molecule has 3 rings (SSSR count). The van der Waals surface area contributed by atoms with Crippen molar-refractivity contribution < 1.29 is 28.3 Å². The molecule has 0 radical (unpaired) electrons. The van der Waals surface area contributed by atoms with Gasteiger partial charge >= 0.3 is 0 Å². The first-order valence-electron chi connectivity index (χ1n) is 12.2. The Morgan fingerprint density at radius 3 is 2.43 bits per heavy atom. The van der Waals surface area contributed by atoms with Crippen molar-refractivity contribution in [2.24, 2.45) is 5.92 Å². The third-order valence-electron chi connectivity index (χ3n) is 6.59. The van der Waals surface area contributed by atoms with Gasteiger partial charge in [-0.25, -0.2) is 8.78 Å². The van der Waals surface area contributed by atoms with E-state index in [1.807, 2.05) is 6.92 Å². The minimum absolute atomic E-state index is 0.00718. The third kappa shape index (κ3) is 7.49. The van der Waals surface area contributed by atoms with Gasteiger partial charge in [0.05, 0.1) is 12.6 Å². The smallest absolute Gasteiger partial charge is 0.267 e. The van der Waals surface area contributed by atoms with Crippen molar-refractivity contribution in [3.05, 3.63) is 70.7 Å². The van der Waals surface area contributed by atoms with Crippen molar-refractivity contribution in [3.63, 3.8) is 0 Å². The molecule has 2 aromatic rings. The second kappa shape index (κ2) is 12.5. The number of rotatable bonds is 10. The Hall–Kier alpha value is -3.04. The van der Waals surface area contributed by atoms with Gasteiger partial charge < -0.3 is 20.6 Å². The van der Waals surface area contributed by atoms with Crippen LogP contribution in [-0.2, 0) is 27.3 Å². The molecule has 37 heavy (non-hydrogen) atoms. The molecule has 2 aromatic carbocycles. The predicted molar refractivity (Wildman–Crippen MR) is 136 cm³/mol. The molecule has 3 N–H and O–H groups in total. The fraction of sp³-hybridized carbons (Fsp3) is 0.444. The number of nitrogens with zero attached hydrogens (tertiary/aromatic N) is 1. The molecule has 3 amide bonds. The lowest BCUT2D eigenvalue weighted by molar-refractivity contribution is -0.147. The Labute approximate surface area is 220 Å². The SMILES string of the molecule is CCC(C)C(=O)NC(Cc1ccccc1)C(O)C(=O)N1CC(F)(F)CC1C(=O)NCc1ccccc1Cl. The van der Waals surface area contributed by atoms with Gasteiger partial charge in [0.2, 0.25) is 11.8 Å². The molecule has 4 unspecified atom stereocenters. The Kier molecular flexibility index (Phi) is 9.62. The van der Waals surface area contributed by atoms with Crippen LogP contribution >= 0.6 is 11.6 Å². The lowest BCUT2D eigenvalue weighted by Crippen LogP contribution is -2.56. The number of alkyl halides is 2. The fourth-order valence-corrected chi connectivity index (χ4v) is 4.39. The first-order chi connectivity index (χ1) is 17.5. The van der Waals surface area contributed by atoms with Gasteiger partial charge in [0.15, 0.2) is 6.10 Å².